The van der Waals surface area contributed by atoms with Gasteiger partial charge in [0, 0.05) is 32.6 Å². The number of nitrogens with zero attached hydrogens (tertiary/aromatic N) is 2. The number of nitrogens with one attached hydrogen (secondary N) is 2. The quantitative estimate of drug-likeness (QED) is 0.851. The Bertz CT molecular complexity index is 435. The molecule has 19 heavy (non-hydrogen) atoms. The maximum atomic E-state index is 11.4. The maximum absolute atomic E-state index is 11.4. The van der Waals surface area contributed by atoms with Crippen LogP contribution in [0.2, 0.25) is 0 Å². The van der Waals surface area contributed by atoms with Crippen LogP contribution in [-0.4, -0.2) is 42.0 Å². The minimum absolute atomic E-state index is 0.231. The van der Waals surface area contributed by atoms with Crippen LogP contribution in [0, 0.1) is 0 Å². The summed E-state index contributed by atoms with van der Waals surface area (Å²) in [7, 11) is 1.85. The third-order valence-electron chi connectivity index (χ3n) is 3.31. The lowest BCUT2D eigenvalue weighted by Crippen LogP contribution is -2.43. The van der Waals surface area contributed by atoms with E-state index in [9.17, 15) is 4.79 Å². The van der Waals surface area contributed by atoms with Gasteiger partial charge in [-0.1, -0.05) is 6.92 Å². The second-order valence-electron chi connectivity index (χ2n) is 5.04. The largest absolute Gasteiger partial charge is 0.384 e. The lowest BCUT2D eigenvalue weighted by molar-refractivity contribution is -0.132. The second kappa shape index (κ2) is 6.41. The van der Waals surface area contributed by atoms with Crippen molar-refractivity contribution >= 4 is 17.3 Å². The van der Waals surface area contributed by atoms with Crippen LogP contribution in [0.4, 0.5) is 11.4 Å². The molecule has 0 spiro atoms. The number of anilines is 2. The van der Waals surface area contributed by atoms with E-state index in [0.717, 1.165) is 37.3 Å². The molecule has 1 unspecified atom stereocenters. The van der Waals surface area contributed by atoms with Gasteiger partial charge < -0.3 is 15.5 Å². The van der Waals surface area contributed by atoms with Gasteiger partial charge in [0.25, 0.3) is 0 Å². The standard InChI is InChI=1S/C14H22N4O/c1-3-6-16-12-7-13(9-15-8-12)17-11-4-5-14(19)18(2)10-11/h7-9,11,16-17H,3-6,10H2,1-2H3. The van der Waals surface area contributed by atoms with Gasteiger partial charge in [-0.2, -0.15) is 0 Å². The number of hydrogen-bond acceptors (Lipinski definition) is 4. The molecule has 1 aliphatic heterocycles. The van der Waals surface area contributed by atoms with Gasteiger partial charge in [0.1, 0.15) is 0 Å². The van der Waals surface area contributed by atoms with Crippen molar-refractivity contribution in [3.8, 4) is 0 Å². The second-order valence-corrected chi connectivity index (χ2v) is 5.04. The van der Waals surface area contributed by atoms with Crippen molar-refractivity contribution in [3.05, 3.63) is 18.5 Å². The van der Waals surface area contributed by atoms with Crippen molar-refractivity contribution in [2.24, 2.45) is 0 Å². The van der Waals surface area contributed by atoms with Gasteiger partial charge in [-0.25, -0.2) is 0 Å². The minimum atomic E-state index is 0.231. The lowest BCUT2D eigenvalue weighted by atomic mass is 10.1. The van der Waals surface area contributed by atoms with Gasteiger partial charge in [0.05, 0.1) is 23.8 Å². The smallest absolute Gasteiger partial charge is 0.222 e. The van der Waals surface area contributed by atoms with E-state index in [1.807, 2.05) is 19.4 Å². The first-order valence-electron chi connectivity index (χ1n) is 6.88. The lowest BCUT2D eigenvalue weighted by Gasteiger charge is -2.30. The summed E-state index contributed by atoms with van der Waals surface area (Å²) in [4.78, 5) is 17.5. The molecular weight excluding hydrogens is 240 g/mol. The van der Waals surface area contributed by atoms with Gasteiger partial charge in [-0.3, -0.25) is 9.78 Å². The molecule has 0 saturated carbocycles. The Balaban J connectivity index is 1.93. The molecule has 1 amide bonds. The molecule has 1 aromatic rings. The normalized spacial score (nSPS) is 19.4. The highest BCUT2D eigenvalue weighted by Crippen LogP contribution is 2.18. The number of piperidine rings is 1. The first-order chi connectivity index (χ1) is 9.19. The fourth-order valence-electron chi connectivity index (χ4n) is 2.25. The van der Waals surface area contributed by atoms with E-state index >= 15 is 0 Å². The molecule has 1 atom stereocenters. The van der Waals surface area contributed by atoms with Gasteiger partial charge >= 0.3 is 0 Å². The van der Waals surface area contributed by atoms with Crippen LogP contribution in [-0.2, 0) is 4.79 Å². The Kier molecular flexibility index (Phi) is 4.60. The molecule has 0 radical (unpaired) electrons. The number of pyridine rings is 1. The molecule has 5 nitrogen and oxygen atoms in total. The first-order valence-corrected chi connectivity index (χ1v) is 6.88. The monoisotopic (exact) mass is 262 g/mol. The Hall–Kier alpha value is -1.78. The van der Waals surface area contributed by atoms with E-state index in [-0.39, 0.29) is 5.91 Å². The van der Waals surface area contributed by atoms with E-state index in [1.165, 1.54) is 0 Å². The summed E-state index contributed by atoms with van der Waals surface area (Å²) in [6, 6.07) is 2.38. The number of carbonyl (C=O) groups excluding carboxylic acids is 1. The highest BCUT2D eigenvalue weighted by Gasteiger charge is 2.22. The summed E-state index contributed by atoms with van der Waals surface area (Å²) in [5.41, 5.74) is 2.04. The van der Waals surface area contributed by atoms with Crippen LogP contribution >= 0.6 is 0 Å². The van der Waals surface area contributed by atoms with Crippen molar-refractivity contribution in [1.29, 1.82) is 0 Å². The molecule has 1 fully saturated rings. The predicted octanol–water partition coefficient (Wildman–Crippen LogP) is 1.94. The molecule has 0 bridgehead atoms. The van der Waals surface area contributed by atoms with Crippen LogP contribution in [0.15, 0.2) is 18.5 Å². The van der Waals surface area contributed by atoms with Gasteiger partial charge in [-0.15, -0.1) is 0 Å². The minimum Gasteiger partial charge on any atom is -0.384 e. The Labute approximate surface area is 114 Å². The first kappa shape index (κ1) is 13.6. The predicted molar refractivity (Wildman–Crippen MR) is 77.3 cm³/mol. The molecule has 104 valence electrons. The SMILES string of the molecule is CCCNc1cncc(NC2CCC(=O)N(C)C2)c1. The zero-order valence-electron chi connectivity index (χ0n) is 11.6. The summed E-state index contributed by atoms with van der Waals surface area (Å²) < 4.78 is 0. The maximum Gasteiger partial charge on any atom is 0.222 e. The van der Waals surface area contributed by atoms with Gasteiger partial charge in [-0.05, 0) is 18.9 Å². The van der Waals surface area contributed by atoms with Crippen LogP contribution in [0.1, 0.15) is 26.2 Å². The van der Waals surface area contributed by atoms with Crippen molar-refractivity contribution in [1.82, 2.24) is 9.88 Å². The highest BCUT2D eigenvalue weighted by molar-refractivity contribution is 5.77. The van der Waals surface area contributed by atoms with Crippen molar-refractivity contribution in [3.63, 3.8) is 0 Å². The number of carbonyl (C=O) groups is 1. The van der Waals surface area contributed by atoms with E-state index in [2.05, 4.69) is 28.6 Å². The molecule has 1 aliphatic rings. The van der Waals surface area contributed by atoms with Crippen molar-refractivity contribution < 1.29 is 4.79 Å². The molecule has 1 saturated heterocycles. The summed E-state index contributed by atoms with van der Waals surface area (Å²) in [6.45, 7) is 3.84. The van der Waals surface area contributed by atoms with E-state index < -0.39 is 0 Å². The fourth-order valence-corrected chi connectivity index (χ4v) is 2.25. The summed E-state index contributed by atoms with van der Waals surface area (Å²) in [5, 5.41) is 6.77. The molecule has 0 aromatic carbocycles. The van der Waals surface area contributed by atoms with Crippen LogP contribution in [0.5, 0.6) is 0 Å². The fraction of sp³-hybridized carbons (Fsp3) is 0.571. The highest BCUT2D eigenvalue weighted by atomic mass is 16.2. The number of rotatable bonds is 5. The molecule has 5 heteroatoms. The number of likely N-dealkylation sites (tertiary alicyclic amines) is 1. The molecule has 2 N–H and O–H groups in total. The summed E-state index contributed by atoms with van der Waals surface area (Å²) in [5.74, 6) is 0.231. The van der Waals surface area contributed by atoms with Crippen molar-refractivity contribution in [2.45, 2.75) is 32.2 Å². The summed E-state index contributed by atoms with van der Waals surface area (Å²) in [6.07, 6.45) is 6.25. The third kappa shape index (κ3) is 3.84. The van der Waals surface area contributed by atoms with Crippen LogP contribution in [0.3, 0.4) is 0 Å². The van der Waals surface area contributed by atoms with Gasteiger partial charge in [0.2, 0.25) is 5.91 Å². The number of likely N-dealkylation sites (N-methyl/N-ethyl adjacent to an activating group) is 1. The van der Waals surface area contributed by atoms with Crippen molar-refractivity contribution in [2.75, 3.05) is 30.8 Å². The average Bonchev–Trinajstić information content (AvgIpc) is 2.41. The van der Waals surface area contributed by atoms with E-state index in [1.54, 1.807) is 4.90 Å². The third-order valence-corrected chi connectivity index (χ3v) is 3.31. The summed E-state index contributed by atoms with van der Waals surface area (Å²) >= 11 is 0. The molecule has 0 aliphatic carbocycles. The molecule has 1 aromatic heterocycles. The molecular formula is C14H22N4O. The van der Waals surface area contributed by atoms with Gasteiger partial charge in [0.15, 0.2) is 0 Å². The van der Waals surface area contributed by atoms with E-state index in [4.69, 9.17) is 0 Å². The zero-order valence-corrected chi connectivity index (χ0v) is 11.6. The number of aromatic nitrogens is 1. The number of hydrogen-bond donors (Lipinski definition) is 2. The van der Waals surface area contributed by atoms with Crippen LogP contribution < -0.4 is 10.6 Å². The van der Waals surface area contributed by atoms with E-state index in [0.29, 0.717) is 12.5 Å². The average molecular weight is 262 g/mol. The zero-order chi connectivity index (χ0) is 13.7. The molecule has 2 rings (SSSR count). The topological polar surface area (TPSA) is 57.3 Å². The van der Waals surface area contributed by atoms with Crippen LogP contribution in [0.25, 0.3) is 0 Å². The number of amides is 1. The Morgan fingerprint density at radius 3 is 2.95 bits per heavy atom. The Morgan fingerprint density at radius 1 is 1.42 bits per heavy atom. The molecule has 2 heterocycles. The Morgan fingerprint density at radius 2 is 2.21 bits per heavy atom.